The molecule has 0 aliphatic rings. The molecular weight excluding hydrogens is 196 g/mol. The molecule has 0 saturated carbocycles. The highest BCUT2D eigenvalue weighted by Crippen LogP contribution is 2.23. The molecule has 0 saturated heterocycles. The van der Waals surface area contributed by atoms with Crippen LogP contribution in [0.25, 0.3) is 0 Å². The van der Waals surface area contributed by atoms with Gasteiger partial charge >= 0.3 is 0 Å². The maximum atomic E-state index is 12.3. The first-order valence-corrected chi connectivity index (χ1v) is 3.54. The van der Waals surface area contributed by atoms with Crippen LogP contribution in [0.1, 0.15) is 22.3 Å². The van der Waals surface area contributed by atoms with E-state index in [-0.39, 0.29) is 0 Å². The van der Waals surface area contributed by atoms with Gasteiger partial charge in [0.1, 0.15) is 5.82 Å². The van der Waals surface area contributed by atoms with E-state index in [0.29, 0.717) is 6.07 Å². The number of hydrogen-bond acceptors (Lipinski definition) is 3. The number of amides is 1. The monoisotopic (exact) mass is 203 g/mol. The van der Waals surface area contributed by atoms with Crippen LogP contribution in [0.4, 0.5) is 14.6 Å². The van der Waals surface area contributed by atoms with Crippen molar-refractivity contribution in [1.82, 2.24) is 4.98 Å². The molecule has 76 valence electrons. The Morgan fingerprint density at radius 1 is 1.50 bits per heavy atom. The number of pyridine rings is 1. The van der Waals surface area contributed by atoms with Gasteiger partial charge in [-0.1, -0.05) is 0 Å². The van der Waals surface area contributed by atoms with E-state index in [1.807, 2.05) is 4.98 Å². The topological polar surface area (TPSA) is 102 Å². The van der Waals surface area contributed by atoms with Crippen LogP contribution in [0.5, 0.6) is 0 Å². The first-order chi connectivity index (χ1) is 6.43. The summed E-state index contributed by atoms with van der Waals surface area (Å²) in [4.78, 5) is 23.5. The van der Waals surface area contributed by atoms with E-state index in [4.69, 9.17) is 11.5 Å². The summed E-state index contributed by atoms with van der Waals surface area (Å²) in [6, 6.07) is 0.598. The van der Waals surface area contributed by atoms with Crippen molar-refractivity contribution in [2.45, 2.75) is 6.43 Å². The van der Waals surface area contributed by atoms with E-state index >= 15 is 0 Å². The normalized spacial score (nSPS) is 10.5. The van der Waals surface area contributed by atoms with Gasteiger partial charge in [-0.3, -0.25) is 9.59 Å². The van der Waals surface area contributed by atoms with Crippen molar-refractivity contribution in [3.05, 3.63) is 27.5 Å². The van der Waals surface area contributed by atoms with Gasteiger partial charge in [0.05, 0.1) is 5.56 Å². The number of halogens is 2. The van der Waals surface area contributed by atoms with Crippen molar-refractivity contribution in [1.29, 1.82) is 0 Å². The molecule has 1 aromatic heterocycles. The number of carbonyl (C=O) groups is 1. The van der Waals surface area contributed by atoms with E-state index in [1.165, 1.54) is 0 Å². The summed E-state index contributed by atoms with van der Waals surface area (Å²) in [6.45, 7) is 0. The fourth-order valence-electron chi connectivity index (χ4n) is 1.05. The first-order valence-electron chi connectivity index (χ1n) is 3.54. The number of aromatic amines is 1. The zero-order valence-electron chi connectivity index (χ0n) is 6.88. The lowest BCUT2D eigenvalue weighted by atomic mass is 10.1. The van der Waals surface area contributed by atoms with E-state index in [9.17, 15) is 18.4 Å². The smallest absolute Gasteiger partial charge is 0.264 e. The van der Waals surface area contributed by atoms with Crippen molar-refractivity contribution in [3.63, 3.8) is 0 Å². The van der Waals surface area contributed by atoms with Gasteiger partial charge in [-0.15, -0.1) is 0 Å². The molecule has 1 rings (SSSR count). The number of nitrogens with one attached hydrogen (secondary N) is 1. The van der Waals surface area contributed by atoms with Crippen molar-refractivity contribution in [2.24, 2.45) is 5.73 Å². The lowest BCUT2D eigenvalue weighted by molar-refractivity contribution is 0.0986. The third-order valence-electron chi connectivity index (χ3n) is 1.58. The molecule has 0 aromatic carbocycles. The predicted molar refractivity (Wildman–Crippen MR) is 44.9 cm³/mol. The van der Waals surface area contributed by atoms with Gasteiger partial charge < -0.3 is 16.5 Å². The highest BCUT2D eigenvalue weighted by molar-refractivity contribution is 5.98. The summed E-state index contributed by atoms with van der Waals surface area (Å²) in [7, 11) is 0. The molecule has 5 N–H and O–H groups in total. The van der Waals surface area contributed by atoms with Gasteiger partial charge in [0.15, 0.2) is 0 Å². The highest BCUT2D eigenvalue weighted by atomic mass is 19.3. The van der Waals surface area contributed by atoms with Gasteiger partial charge in [-0.2, -0.15) is 0 Å². The lowest BCUT2D eigenvalue weighted by Gasteiger charge is -2.07. The molecule has 5 nitrogen and oxygen atoms in total. The highest BCUT2D eigenvalue weighted by Gasteiger charge is 2.20. The molecule has 0 radical (unpaired) electrons. The van der Waals surface area contributed by atoms with E-state index in [2.05, 4.69) is 0 Å². The number of anilines is 1. The summed E-state index contributed by atoms with van der Waals surface area (Å²) in [5, 5.41) is 0. The fourth-order valence-corrected chi connectivity index (χ4v) is 1.05. The average molecular weight is 203 g/mol. The van der Waals surface area contributed by atoms with Crippen molar-refractivity contribution >= 4 is 11.7 Å². The van der Waals surface area contributed by atoms with Crippen LogP contribution >= 0.6 is 0 Å². The lowest BCUT2D eigenvalue weighted by Crippen LogP contribution is -2.21. The number of H-pyrrole nitrogens is 1. The molecule has 0 bridgehead atoms. The van der Waals surface area contributed by atoms with Gasteiger partial charge in [0, 0.05) is 11.6 Å². The number of carbonyl (C=O) groups excluding carboxylic acids is 1. The quantitative estimate of drug-likeness (QED) is 0.630. The van der Waals surface area contributed by atoms with Gasteiger partial charge in [0.2, 0.25) is 5.56 Å². The minimum Gasteiger partial charge on any atom is -0.385 e. The Bertz CT molecular complexity index is 427. The maximum Gasteiger partial charge on any atom is 0.264 e. The SMILES string of the molecule is NC(=O)c1c(C(F)F)cc(=O)[nH]c1N. The third-order valence-corrected chi connectivity index (χ3v) is 1.58. The zero-order chi connectivity index (χ0) is 10.9. The van der Waals surface area contributed by atoms with Gasteiger partial charge in [-0.05, 0) is 0 Å². The second-order valence-corrected chi connectivity index (χ2v) is 2.54. The number of rotatable bonds is 2. The van der Waals surface area contributed by atoms with E-state index < -0.39 is 34.8 Å². The molecule has 1 aromatic rings. The van der Waals surface area contributed by atoms with Crippen LogP contribution < -0.4 is 17.0 Å². The molecule has 1 heterocycles. The van der Waals surface area contributed by atoms with Crippen LogP contribution in [0.2, 0.25) is 0 Å². The number of alkyl halides is 2. The van der Waals surface area contributed by atoms with Crippen molar-refractivity contribution < 1.29 is 13.6 Å². The molecule has 0 aliphatic heterocycles. The molecule has 14 heavy (non-hydrogen) atoms. The minimum atomic E-state index is -2.97. The Labute approximate surface area is 76.7 Å². The Morgan fingerprint density at radius 3 is 2.50 bits per heavy atom. The van der Waals surface area contributed by atoms with E-state index in [0.717, 1.165) is 0 Å². The molecule has 0 spiro atoms. The molecule has 7 heteroatoms. The van der Waals surface area contributed by atoms with Crippen molar-refractivity contribution in [2.75, 3.05) is 5.73 Å². The summed E-state index contributed by atoms with van der Waals surface area (Å²) < 4.78 is 24.7. The summed E-state index contributed by atoms with van der Waals surface area (Å²) in [6.07, 6.45) is -2.97. The number of aromatic nitrogens is 1. The Balaban J connectivity index is 3.52. The largest absolute Gasteiger partial charge is 0.385 e. The first kappa shape index (κ1) is 10.2. The molecule has 0 atom stereocenters. The molecular formula is C7H7F2N3O2. The summed E-state index contributed by atoms with van der Waals surface area (Å²) in [5.74, 6) is -1.55. The molecule has 0 fully saturated rings. The number of primary amides is 1. The van der Waals surface area contributed by atoms with Crippen LogP contribution in [0, 0.1) is 0 Å². The minimum absolute atomic E-state index is 0.444. The predicted octanol–water partition coefficient (Wildman–Crippen LogP) is -0.00640. The van der Waals surface area contributed by atoms with Crippen LogP contribution in [0.3, 0.4) is 0 Å². The molecule has 1 amide bonds. The van der Waals surface area contributed by atoms with Crippen LogP contribution in [-0.2, 0) is 0 Å². The van der Waals surface area contributed by atoms with Crippen LogP contribution in [0.15, 0.2) is 10.9 Å². The molecule has 0 aliphatic carbocycles. The van der Waals surface area contributed by atoms with Gasteiger partial charge in [0.25, 0.3) is 12.3 Å². The van der Waals surface area contributed by atoms with E-state index in [1.54, 1.807) is 0 Å². The second-order valence-electron chi connectivity index (χ2n) is 2.54. The third kappa shape index (κ3) is 1.70. The number of nitrogen functional groups attached to an aromatic ring is 1. The van der Waals surface area contributed by atoms with Gasteiger partial charge in [-0.25, -0.2) is 8.78 Å². The van der Waals surface area contributed by atoms with Crippen molar-refractivity contribution in [3.8, 4) is 0 Å². The Morgan fingerprint density at radius 2 is 2.07 bits per heavy atom. The number of hydrogen-bond donors (Lipinski definition) is 3. The fraction of sp³-hybridized carbons (Fsp3) is 0.143. The maximum absolute atomic E-state index is 12.3. The Kier molecular flexibility index (Phi) is 2.50. The molecule has 0 unspecified atom stereocenters. The zero-order valence-corrected chi connectivity index (χ0v) is 6.88. The Hall–Kier alpha value is -1.92. The number of nitrogens with two attached hydrogens (primary N) is 2. The standard InChI is InChI=1S/C7H7F2N3O2/c8-5(9)2-1-3(13)12-6(10)4(2)7(11)14/h1,5H,(H2,11,14)(H3,10,12,13). The second kappa shape index (κ2) is 3.44. The van der Waals surface area contributed by atoms with Crippen LogP contribution in [-0.4, -0.2) is 10.9 Å². The summed E-state index contributed by atoms with van der Waals surface area (Å²) in [5.41, 5.74) is 7.90. The summed E-state index contributed by atoms with van der Waals surface area (Å²) >= 11 is 0. The average Bonchev–Trinajstić information content (AvgIpc) is 2.01.